The van der Waals surface area contributed by atoms with Crippen LogP contribution < -0.4 is 10.5 Å². The molecule has 0 saturated heterocycles. The molecule has 24 heavy (non-hydrogen) atoms. The zero-order chi connectivity index (χ0) is 17.4. The first-order valence-corrected chi connectivity index (χ1v) is 7.42. The molecule has 0 radical (unpaired) electrons. The van der Waals surface area contributed by atoms with Crippen LogP contribution in [-0.2, 0) is 11.7 Å². The van der Waals surface area contributed by atoms with Crippen molar-refractivity contribution >= 4 is 0 Å². The maximum atomic E-state index is 13.0. The Hall–Kier alpha value is -2.35. The molecule has 2 N–H and O–H groups in total. The van der Waals surface area contributed by atoms with E-state index in [1.807, 2.05) is 0 Å². The van der Waals surface area contributed by atoms with Gasteiger partial charge >= 0.3 is 6.18 Å². The normalized spacial score (nSPS) is 16.5. The molecule has 0 amide bonds. The molecule has 1 aliphatic rings. The zero-order valence-electron chi connectivity index (χ0n) is 12.8. The number of hydrogen-bond donors (Lipinski definition) is 1. The smallest absolute Gasteiger partial charge is 0.416 e. The highest BCUT2D eigenvalue weighted by Gasteiger charge is 2.39. The van der Waals surface area contributed by atoms with Crippen molar-refractivity contribution in [2.45, 2.75) is 31.0 Å². The third-order valence-corrected chi connectivity index (χ3v) is 4.01. The third-order valence-electron chi connectivity index (χ3n) is 4.01. The van der Waals surface area contributed by atoms with Crippen LogP contribution in [0, 0.1) is 0 Å². The van der Waals surface area contributed by atoms with Crippen molar-refractivity contribution in [2.24, 2.45) is 5.73 Å². The van der Waals surface area contributed by atoms with Gasteiger partial charge in [-0.2, -0.15) is 18.2 Å². The largest absolute Gasteiger partial charge is 0.489 e. The first kappa shape index (κ1) is 16.5. The van der Waals surface area contributed by atoms with Crippen molar-refractivity contribution < 1.29 is 22.4 Å². The fraction of sp³-hybridized carbons (Fsp3) is 0.375. The number of hydrogen-bond acceptors (Lipinski definition) is 5. The van der Waals surface area contributed by atoms with E-state index in [1.54, 1.807) is 0 Å². The second kappa shape index (κ2) is 5.94. The van der Waals surface area contributed by atoms with Gasteiger partial charge in [-0.1, -0.05) is 17.8 Å². The Morgan fingerprint density at radius 1 is 1.38 bits per heavy atom. The molecule has 1 saturated carbocycles. The second-order valence-electron chi connectivity index (χ2n) is 5.74. The lowest BCUT2D eigenvalue weighted by Crippen LogP contribution is -2.44. The van der Waals surface area contributed by atoms with Crippen LogP contribution in [0.1, 0.15) is 30.7 Å². The number of rotatable bonds is 5. The van der Waals surface area contributed by atoms with Crippen molar-refractivity contribution in [3.8, 4) is 17.2 Å². The lowest BCUT2D eigenvalue weighted by molar-refractivity contribution is -0.137. The summed E-state index contributed by atoms with van der Waals surface area (Å²) in [5, 5.41) is 3.83. The Bertz CT molecular complexity index is 751. The Kier molecular flexibility index (Phi) is 4.08. The number of aromatic nitrogens is 2. The molecular formula is C16H16F3N3O2. The van der Waals surface area contributed by atoms with Crippen LogP contribution in [0.4, 0.5) is 13.2 Å². The molecule has 0 unspecified atom stereocenters. The van der Waals surface area contributed by atoms with E-state index in [4.69, 9.17) is 15.0 Å². The molecule has 3 rings (SSSR count). The minimum atomic E-state index is -4.49. The van der Waals surface area contributed by atoms with Gasteiger partial charge in [-0.05, 0) is 37.5 Å². The van der Waals surface area contributed by atoms with Crippen LogP contribution in [0.3, 0.4) is 0 Å². The van der Waals surface area contributed by atoms with Gasteiger partial charge in [0.15, 0.2) is 5.82 Å². The van der Waals surface area contributed by atoms with Crippen LogP contribution >= 0.6 is 0 Å². The molecule has 0 aliphatic heterocycles. The minimum absolute atomic E-state index is 0.0492. The molecule has 0 atom stereocenters. The van der Waals surface area contributed by atoms with Gasteiger partial charge in [-0.25, -0.2) is 0 Å². The molecule has 1 fully saturated rings. The first-order valence-electron chi connectivity index (χ1n) is 7.42. The lowest BCUT2D eigenvalue weighted by atomic mass is 9.77. The molecule has 128 valence electrons. The number of benzene rings is 1. The van der Waals surface area contributed by atoms with E-state index < -0.39 is 17.3 Å². The van der Waals surface area contributed by atoms with Crippen molar-refractivity contribution in [2.75, 3.05) is 6.61 Å². The summed E-state index contributed by atoms with van der Waals surface area (Å²) in [6, 6.07) is 3.10. The number of ether oxygens (including phenoxy) is 1. The highest BCUT2D eigenvalue weighted by atomic mass is 19.4. The molecule has 5 nitrogen and oxygen atoms in total. The van der Waals surface area contributed by atoms with E-state index in [0.29, 0.717) is 18.7 Å². The molecular weight excluding hydrogens is 323 g/mol. The summed E-state index contributed by atoms with van der Waals surface area (Å²) < 4.78 is 49.5. The average molecular weight is 339 g/mol. The topological polar surface area (TPSA) is 74.2 Å². The number of alkyl halides is 3. The Balaban J connectivity index is 2.01. The van der Waals surface area contributed by atoms with Gasteiger partial charge in [-0.15, -0.1) is 0 Å². The molecule has 1 heterocycles. The fourth-order valence-corrected chi connectivity index (χ4v) is 2.46. The van der Waals surface area contributed by atoms with Crippen molar-refractivity contribution in [3.63, 3.8) is 0 Å². The third kappa shape index (κ3) is 3.01. The lowest BCUT2D eigenvalue weighted by Gasteiger charge is -2.34. The standard InChI is InChI=1S/C16H16F3N3O2/c1-2-8-23-12-5-4-10(16(17,18)19)9-11(12)13-21-14(22-24-13)15(20)6-3-7-15/h2,4-5,9H,1,3,6-8,20H2. The predicted molar refractivity (Wildman–Crippen MR) is 80.1 cm³/mol. The van der Waals surface area contributed by atoms with Crippen LogP contribution in [0.2, 0.25) is 0 Å². The van der Waals surface area contributed by atoms with Gasteiger partial charge < -0.3 is 15.0 Å². The van der Waals surface area contributed by atoms with E-state index in [1.165, 1.54) is 12.1 Å². The van der Waals surface area contributed by atoms with Crippen LogP contribution in [0.15, 0.2) is 35.4 Å². The number of halogens is 3. The Morgan fingerprint density at radius 3 is 2.71 bits per heavy atom. The van der Waals surface area contributed by atoms with Gasteiger partial charge in [0.05, 0.1) is 16.7 Å². The Morgan fingerprint density at radius 2 is 2.12 bits per heavy atom. The fourth-order valence-electron chi connectivity index (χ4n) is 2.46. The molecule has 2 aromatic rings. The van der Waals surface area contributed by atoms with Crippen molar-refractivity contribution in [3.05, 3.63) is 42.2 Å². The number of nitrogens with zero attached hydrogens (tertiary/aromatic N) is 2. The van der Waals surface area contributed by atoms with Gasteiger partial charge in [-0.3, -0.25) is 0 Å². The van der Waals surface area contributed by atoms with Gasteiger partial charge in [0.25, 0.3) is 5.89 Å². The summed E-state index contributed by atoms with van der Waals surface area (Å²) in [4.78, 5) is 4.19. The molecule has 1 aliphatic carbocycles. The summed E-state index contributed by atoms with van der Waals surface area (Å²) in [6.45, 7) is 3.66. The molecule has 0 bridgehead atoms. The number of nitrogens with two attached hydrogens (primary N) is 1. The molecule has 1 aromatic carbocycles. The first-order chi connectivity index (χ1) is 11.3. The maximum absolute atomic E-state index is 13.0. The van der Waals surface area contributed by atoms with Crippen LogP contribution in [-0.4, -0.2) is 16.7 Å². The summed E-state index contributed by atoms with van der Waals surface area (Å²) in [6.07, 6.45) is -0.609. The highest BCUT2D eigenvalue weighted by molar-refractivity contribution is 5.64. The predicted octanol–water partition coefficient (Wildman–Crippen LogP) is 3.66. The van der Waals surface area contributed by atoms with E-state index in [0.717, 1.165) is 18.6 Å². The van der Waals surface area contributed by atoms with Crippen molar-refractivity contribution in [1.29, 1.82) is 0 Å². The molecule has 1 aromatic heterocycles. The van der Waals surface area contributed by atoms with E-state index in [9.17, 15) is 13.2 Å². The minimum Gasteiger partial charge on any atom is -0.489 e. The van der Waals surface area contributed by atoms with Gasteiger partial charge in [0.2, 0.25) is 0 Å². The van der Waals surface area contributed by atoms with Crippen LogP contribution in [0.25, 0.3) is 11.5 Å². The quantitative estimate of drug-likeness (QED) is 0.842. The maximum Gasteiger partial charge on any atom is 0.416 e. The van der Waals surface area contributed by atoms with Gasteiger partial charge in [0, 0.05) is 0 Å². The van der Waals surface area contributed by atoms with E-state index in [-0.39, 0.29) is 23.8 Å². The molecule has 8 heteroatoms. The van der Waals surface area contributed by atoms with E-state index >= 15 is 0 Å². The summed E-state index contributed by atoms with van der Waals surface area (Å²) in [7, 11) is 0. The second-order valence-corrected chi connectivity index (χ2v) is 5.74. The van der Waals surface area contributed by atoms with E-state index in [2.05, 4.69) is 16.7 Å². The molecule has 0 spiro atoms. The zero-order valence-corrected chi connectivity index (χ0v) is 12.8. The summed E-state index contributed by atoms with van der Waals surface area (Å²) >= 11 is 0. The van der Waals surface area contributed by atoms with Crippen molar-refractivity contribution in [1.82, 2.24) is 10.1 Å². The summed E-state index contributed by atoms with van der Waals surface area (Å²) in [5.41, 5.74) is 4.71. The highest BCUT2D eigenvalue weighted by Crippen LogP contribution is 2.40. The average Bonchev–Trinajstić information content (AvgIpc) is 2.99. The monoisotopic (exact) mass is 339 g/mol. The van der Waals surface area contributed by atoms with Gasteiger partial charge in [0.1, 0.15) is 12.4 Å². The van der Waals surface area contributed by atoms with Crippen LogP contribution in [0.5, 0.6) is 5.75 Å². The SMILES string of the molecule is C=CCOc1ccc(C(F)(F)F)cc1-c1nc(C2(N)CCC2)no1. The Labute approximate surface area is 136 Å². The summed E-state index contributed by atoms with van der Waals surface area (Å²) in [5.74, 6) is 0.459.